The van der Waals surface area contributed by atoms with Crippen molar-refractivity contribution in [1.82, 2.24) is 4.90 Å². The van der Waals surface area contributed by atoms with Crippen LogP contribution in [0.15, 0.2) is 0 Å². The van der Waals surface area contributed by atoms with Gasteiger partial charge >= 0.3 is 12.1 Å². The lowest BCUT2D eigenvalue weighted by atomic mass is 9.56. The van der Waals surface area contributed by atoms with E-state index in [2.05, 4.69) is 0 Å². The van der Waals surface area contributed by atoms with Crippen molar-refractivity contribution >= 4 is 12.1 Å². The SMILES string of the molecule is CC(C)(C)OC(=O)N1C[C@@H]2C[C@H]1C2C1(C(=O)O)CCOCC1. The molecule has 3 aliphatic heterocycles. The summed E-state index contributed by atoms with van der Waals surface area (Å²) in [6, 6.07) is 0.00838. The maximum Gasteiger partial charge on any atom is 0.410 e. The zero-order chi connectivity index (χ0) is 16.1. The highest BCUT2D eigenvalue weighted by Gasteiger charge is 2.64. The van der Waals surface area contributed by atoms with E-state index in [4.69, 9.17) is 9.47 Å². The highest BCUT2D eigenvalue weighted by atomic mass is 16.6. The lowest BCUT2D eigenvalue weighted by Crippen LogP contribution is -2.55. The second-order valence-corrected chi connectivity index (χ2v) is 7.80. The normalized spacial score (nSPS) is 33.2. The summed E-state index contributed by atoms with van der Waals surface area (Å²) in [6.45, 7) is 7.16. The molecular formula is C16H25NO5. The number of rotatable bonds is 2. The fraction of sp³-hybridized carbons (Fsp3) is 0.875. The first-order chi connectivity index (χ1) is 10.2. The summed E-state index contributed by atoms with van der Waals surface area (Å²) in [4.78, 5) is 26.0. The zero-order valence-electron chi connectivity index (χ0n) is 13.5. The molecule has 1 aliphatic carbocycles. The summed E-state index contributed by atoms with van der Waals surface area (Å²) in [7, 11) is 0. The number of aliphatic carboxylic acids is 1. The van der Waals surface area contributed by atoms with Crippen LogP contribution in [0.2, 0.25) is 0 Å². The third kappa shape index (κ3) is 2.37. The van der Waals surface area contributed by atoms with Gasteiger partial charge in [0.1, 0.15) is 5.60 Å². The Morgan fingerprint density at radius 3 is 2.45 bits per heavy atom. The van der Waals surface area contributed by atoms with Crippen molar-refractivity contribution in [3.05, 3.63) is 0 Å². The number of hydrogen-bond acceptors (Lipinski definition) is 4. The fourth-order valence-corrected chi connectivity index (χ4v) is 4.39. The molecular weight excluding hydrogens is 286 g/mol. The largest absolute Gasteiger partial charge is 0.481 e. The van der Waals surface area contributed by atoms with Crippen molar-refractivity contribution in [3.63, 3.8) is 0 Å². The van der Waals surface area contributed by atoms with Crippen LogP contribution in [0.4, 0.5) is 4.79 Å². The van der Waals surface area contributed by atoms with E-state index in [0.29, 0.717) is 32.6 Å². The smallest absolute Gasteiger partial charge is 0.410 e. The van der Waals surface area contributed by atoms with Gasteiger partial charge in [-0.2, -0.15) is 0 Å². The lowest BCUT2D eigenvalue weighted by Gasteiger charge is -2.49. The first kappa shape index (κ1) is 15.6. The van der Waals surface area contributed by atoms with Crippen LogP contribution in [0.25, 0.3) is 0 Å². The minimum absolute atomic E-state index is 0.00838. The number of nitrogens with zero attached hydrogens (tertiary/aromatic N) is 1. The Hall–Kier alpha value is -1.30. The Labute approximate surface area is 130 Å². The van der Waals surface area contributed by atoms with Crippen molar-refractivity contribution < 1.29 is 24.2 Å². The van der Waals surface area contributed by atoms with E-state index >= 15 is 0 Å². The Bertz CT molecular complexity index is 477. The summed E-state index contributed by atoms with van der Waals surface area (Å²) < 4.78 is 10.8. The van der Waals surface area contributed by atoms with Gasteiger partial charge < -0.3 is 19.5 Å². The molecule has 0 spiro atoms. The maximum atomic E-state index is 12.3. The van der Waals surface area contributed by atoms with Gasteiger partial charge in [-0.05, 0) is 46.0 Å². The molecule has 3 saturated heterocycles. The molecule has 2 bridgehead atoms. The third-order valence-electron chi connectivity index (χ3n) is 5.38. The molecule has 0 aromatic heterocycles. The topological polar surface area (TPSA) is 76.1 Å². The molecule has 124 valence electrons. The van der Waals surface area contributed by atoms with E-state index in [-0.39, 0.29) is 24.0 Å². The molecule has 1 N–H and O–H groups in total. The summed E-state index contributed by atoms with van der Waals surface area (Å²) in [5, 5.41) is 9.81. The molecule has 22 heavy (non-hydrogen) atoms. The Balaban J connectivity index is 1.76. The average Bonchev–Trinajstić information content (AvgIpc) is 2.96. The standard InChI is InChI=1S/C16H25NO5/c1-15(2,3)22-14(20)17-9-10-8-11(17)12(10)16(13(18)19)4-6-21-7-5-16/h10-12H,4-9H2,1-3H3,(H,18,19)/t10-,11-,12?/m0/s1. The summed E-state index contributed by atoms with van der Waals surface area (Å²) in [6.07, 6.45) is 1.68. The lowest BCUT2D eigenvalue weighted by molar-refractivity contribution is -0.167. The molecule has 4 aliphatic rings. The molecule has 0 radical (unpaired) electrons. The van der Waals surface area contributed by atoms with E-state index in [0.717, 1.165) is 6.42 Å². The first-order valence-electron chi connectivity index (χ1n) is 8.05. The number of hydrogen-bond donors (Lipinski definition) is 1. The molecule has 0 aromatic rings. The number of carboxylic acid groups (broad SMARTS) is 1. The number of carbonyl (C=O) groups excluding carboxylic acids is 1. The molecule has 4 rings (SSSR count). The first-order valence-corrected chi connectivity index (χ1v) is 8.05. The number of carboxylic acids is 1. The minimum Gasteiger partial charge on any atom is -0.481 e. The third-order valence-corrected chi connectivity index (χ3v) is 5.38. The number of carbonyl (C=O) groups is 2. The van der Waals surface area contributed by atoms with Gasteiger partial charge in [0, 0.05) is 31.7 Å². The Morgan fingerprint density at radius 2 is 1.91 bits per heavy atom. The molecule has 6 heteroatoms. The second kappa shape index (κ2) is 5.11. The predicted octanol–water partition coefficient (Wildman–Crippen LogP) is 2.12. The van der Waals surface area contributed by atoms with Crippen molar-refractivity contribution in [2.45, 2.75) is 51.7 Å². The number of ether oxygens (including phenoxy) is 2. The fourth-order valence-electron chi connectivity index (χ4n) is 4.39. The van der Waals surface area contributed by atoms with Crippen molar-refractivity contribution in [2.75, 3.05) is 19.8 Å². The summed E-state index contributed by atoms with van der Waals surface area (Å²) in [5.41, 5.74) is -1.26. The number of fused-ring (bicyclic) bond motifs is 1. The van der Waals surface area contributed by atoms with Crippen molar-refractivity contribution in [3.8, 4) is 0 Å². The van der Waals surface area contributed by atoms with Gasteiger partial charge in [-0.3, -0.25) is 4.79 Å². The van der Waals surface area contributed by atoms with Crippen LogP contribution >= 0.6 is 0 Å². The van der Waals surface area contributed by atoms with Gasteiger partial charge in [-0.15, -0.1) is 0 Å². The van der Waals surface area contributed by atoms with Gasteiger partial charge in [0.15, 0.2) is 0 Å². The van der Waals surface area contributed by atoms with Gasteiger partial charge in [0.05, 0.1) is 5.41 Å². The maximum absolute atomic E-state index is 12.3. The van der Waals surface area contributed by atoms with E-state index in [1.807, 2.05) is 20.8 Å². The van der Waals surface area contributed by atoms with Crippen LogP contribution in [0.5, 0.6) is 0 Å². The van der Waals surface area contributed by atoms with Crippen LogP contribution in [0.3, 0.4) is 0 Å². The quantitative estimate of drug-likeness (QED) is 0.845. The highest BCUT2D eigenvalue weighted by Crippen LogP contribution is 2.58. The van der Waals surface area contributed by atoms with Crippen LogP contribution in [-0.4, -0.2) is 53.5 Å². The average molecular weight is 311 g/mol. The summed E-state index contributed by atoms with van der Waals surface area (Å²) >= 11 is 0. The van der Waals surface area contributed by atoms with Crippen LogP contribution in [0, 0.1) is 17.3 Å². The second-order valence-electron chi connectivity index (χ2n) is 7.80. The van der Waals surface area contributed by atoms with Crippen molar-refractivity contribution in [1.29, 1.82) is 0 Å². The van der Waals surface area contributed by atoms with Gasteiger partial charge in [-0.1, -0.05) is 0 Å². The molecule has 1 amide bonds. The molecule has 6 nitrogen and oxygen atoms in total. The van der Waals surface area contributed by atoms with E-state index in [1.54, 1.807) is 4.90 Å². The van der Waals surface area contributed by atoms with Gasteiger partial charge in [-0.25, -0.2) is 4.79 Å². The number of amides is 1. The molecule has 3 heterocycles. The van der Waals surface area contributed by atoms with Crippen molar-refractivity contribution in [2.24, 2.45) is 17.3 Å². The molecule has 4 fully saturated rings. The van der Waals surface area contributed by atoms with E-state index in [1.165, 1.54) is 0 Å². The molecule has 0 aromatic carbocycles. The van der Waals surface area contributed by atoms with Crippen LogP contribution in [-0.2, 0) is 14.3 Å². The van der Waals surface area contributed by atoms with E-state index < -0.39 is 17.0 Å². The molecule has 1 unspecified atom stereocenters. The van der Waals surface area contributed by atoms with E-state index in [9.17, 15) is 14.7 Å². The molecule has 3 atom stereocenters. The van der Waals surface area contributed by atoms with Crippen LogP contribution in [0.1, 0.15) is 40.0 Å². The predicted molar refractivity (Wildman–Crippen MR) is 78.4 cm³/mol. The van der Waals surface area contributed by atoms with Gasteiger partial charge in [0.25, 0.3) is 0 Å². The van der Waals surface area contributed by atoms with Gasteiger partial charge in [0.2, 0.25) is 0 Å². The Morgan fingerprint density at radius 1 is 1.27 bits per heavy atom. The summed E-state index contributed by atoms with van der Waals surface area (Å²) in [5.74, 6) is -0.408. The molecule has 1 saturated carbocycles. The zero-order valence-corrected chi connectivity index (χ0v) is 13.5. The highest BCUT2D eigenvalue weighted by molar-refractivity contribution is 5.77. The Kier molecular flexibility index (Phi) is 3.62. The minimum atomic E-state index is -0.735. The van der Waals surface area contributed by atoms with Crippen LogP contribution < -0.4 is 0 Å². The monoisotopic (exact) mass is 311 g/mol.